The first-order chi connectivity index (χ1) is 6.48. The van der Waals surface area contributed by atoms with Crippen LogP contribution in [-0.4, -0.2) is 17.8 Å². The Morgan fingerprint density at radius 3 is 2.07 bits per heavy atom. The fraction of sp³-hybridized carbons (Fsp3) is 0.667. The van der Waals surface area contributed by atoms with E-state index in [0.29, 0.717) is 6.42 Å². The lowest BCUT2D eigenvalue weighted by Crippen LogP contribution is -2.57. The van der Waals surface area contributed by atoms with Crippen LogP contribution >= 0.6 is 0 Å². The molecule has 4 amide bonds. The number of nitrogens with one attached hydrogen (secondary N) is 2. The summed E-state index contributed by atoms with van der Waals surface area (Å²) in [7, 11) is 0. The van der Waals surface area contributed by atoms with E-state index in [4.69, 9.17) is 0 Å². The van der Waals surface area contributed by atoms with E-state index in [0.717, 1.165) is 0 Å². The third kappa shape index (κ3) is 0.981. The zero-order valence-electron chi connectivity index (χ0n) is 8.09. The molecule has 5 nitrogen and oxygen atoms in total. The zero-order valence-corrected chi connectivity index (χ0v) is 8.09. The molecule has 1 saturated carbocycles. The van der Waals surface area contributed by atoms with Crippen molar-refractivity contribution < 1.29 is 14.4 Å². The zero-order chi connectivity index (χ0) is 10.5. The quantitative estimate of drug-likeness (QED) is 0.580. The molecule has 0 aromatic carbocycles. The van der Waals surface area contributed by atoms with Crippen LogP contribution in [0.25, 0.3) is 0 Å². The Balaban J connectivity index is 2.25. The molecular formula is C9H12N2O3. The first-order valence-corrected chi connectivity index (χ1v) is 4.65. The molecule has 1 spiro atoms. The molecule has 0 bridgehead atoms. The maximum absolute atomic E-state index is 11.5. The van der Waals surface area contributed by atoms with Gasteiger partial charge < -0.3 is 0 Å². The van der Waals surface area contributed by atoms with Gasteiger partial charge in [-0.2, -0.15) is 0 Å². The van der Waals surface area contributed by atoms with Gasteiger partial charge >= 0.3 is 6.03 Å². The molecule has 0 aromatic rings. The Hall–Kier alpha value is -1.39. The minimum absolute atomic E-state index is 0.0654. The molecule has 0 radical (unpaired) electrons. The normalized spacial score (nSPS) is 29.1. The molecule has 1 aliphatic carbocycles. The van der Waals surface area contributed by atoms with Crippen molar-refractivity contribution in [2.75, 3.05) is 0 Å². The van der Waals surface area contributed by atoms with Crippen molar-refractivity contribution in [1.29, 1.82) is 0 Å². The number of hydrogen-bond acceptors (Lipinski definition) is 3. The van der Waals surface area contributed by atoms with Crippen molar-refractivity contribution in [3.8, 4) is 0 Å². The van der Waals surface area contributed by atoms with E-state index in [9.17, 15) is 14.4 Å². The van der Waals surface area contributed by atoms with E-state index in [2.05, 4.69) is 10.6 Å². The van der Waals surface area contributed by atoms with Crippen LogP contribution in [0.15, 0.2) is 0 Å². The fourth-order valence-corrected chi connectivity index (χ4v) is 2.18. The average molecular weight is 196 g/mol. The third-order valence-electron chi connectivity index (χ3n) is 3.08. The number of carbonyl (C=O) groups is 3. The van der Waals surface area contributed by atoms with Gasteiger partial charge in [0.25, 0.3) is 0 Å². The number of barbiturate groups is 1. The van der Waals surface area contributed by atoms with E-state index in [1.165, 1.54) is 0 Å². The van der Waals surface area contributed by atoms with Gasteiger partial charge in [0.05, 0.1) is 0 Å². The molecule has 1 saturated heterocycles. The highest BCUT2D eigenvalue weighted by Crippen LogP contribution is 2.57. The van der Waals surface area contributed by atoms with Crippen LogP contribution in [0.2, 0.25) is 0 Å². The summed E-state index contributed by atoms with van der Waals surface area (Å²) in [5, 5.41) is 4.28. The molecule has 1 unspecified atom stereocenters. The molecule has 1 aliphatic heterocycles. The molecule has 76 valence electrons. The second-order valence-electron chi connectivity index (χ2n) is 4.26. The number of urea groups is 1. The Morgan fingerprint density at radius 2 is 1.71 bits per heavy atom. The molecule has 2 aliphatic rings. The van der Waals surface area contributed by atoms with Gasteiger partial charge in [0.2, 0.25) is 11.8 Å². The molecule has 14 heavy (non-hydrogen) atoms. The van der Waals surface area contributed by atoms with Crippen LogP contribution in [0.1, 0.15) is 20.3 Å². The molecule has 1 atom stereocenters. The van der Waals surface area contributed by atoms with Gasteiger partial charge in [0.15, 0.2) is 0 Å². The van der Waals surface area contributed by atoms with Crippen molar-refractivity contribution >= 4 is 17.8 Å². The first-order valence-electron chi connectivity index (χ1n) is 4.65. The van der Waals surface area contributed by atoms with Gasteiger partial charge in [-0.1, -0.05) is 13.8 Å². The van der Waals surface area contributed by atoms with E-state index in [1.54, 1.807) is 0 Å². The van der Waals surface area contributed by atoms with E-state index < -0.39 is 23.3 Å². The van der Waals surface area contributed by atoms with Gasteiger partial charge in [0.1, 0.15) is 5.41 Å². The van der Waals surface area contributed by atoms with E-state index >= 15 is 0 Å². The van der Waals surface area contributed by atoms with E-state index in [-0.39, 0.29) is 11.8 Å². The minimum atomic E-state index is -0.956. The summed E-state index contributed by atoms with van der Waals surface area (Å²) in [5.41, 5.74) is -0.956. The number of imide groups is 2. The van der Waals surface area contributed by atoms with Gasteiger partial charge in [-0.05, 0) is 18.3 Å². The lowest BCUT2D eigenvalue weighted by Gasteiger charge is -2.22. The molecular weight excluding hydrogens is 184 g/mol. The Kier molecular flexibility index (Phi) is 1.68. The number of rotatable bonds is 1. The Morgan fingerprint density at radius 1 is 1.21 bits per heavy atom. The van der Waals surface area contributed by atoms with Gasteiger partial charge in [0, 0.05) is 0 Å². The number of amides is 4. The predicted molar refractivity (Wildman–Crippen MR) is 47.1 cm³/mol. The van der Waals surface area contributed by atoms with Crippen molar-refractivity contribution in [2.45, 2.75) is 20.3 Å². The van der Waals surface area contributed by atoms with Crippen LogP contribution in [0.5, 0.6) is 0 Å². The van der Waals surface area contributed by atoms with Gasteiger partial charge in [-0.15, -0.1) is 0 Å². The molecule has 2 rings (SSSR count). The van der Waals surface area contributed by atoms with Gasteiger partial charge in [-0.3, -0.25) is 20.2 Å². The van der Waals surface area contributed by atoms with Crippen molar-refractivity contribution in [2.24, 2.45) is 17.3 Å². The molecule has 0 aromatic heterocycles. The summed E-state index contributed by atoms with van der Waals surface area (Å²) in [6.07, 6.45) is 0.551. The van der Waals surface area contributed by atoms with Crippen LogP contribution in [-0.2, 0) is 9.59 Å². The van der Waals surface area contributed by atoms with Crippen molar-refractivity contribution in [3.63, 3.8) is 0 Å². The number of hydrogen-bond donors (Lipinski definition) is 2. The summed E-state index contributed by atoms with van der Waals surface area (Å²) in [5.74, 6) is -0.537. The standard InChI is InChI=1S/C9H12N2O3/c1-4(2)5-3-9(5)6(12)10-8(14)11-7(9)13/h4-5H,3H2,1-2H3,(H2,10,11,12,13,14). The summed E-state index contributed by atoms with van der Waals surface area (Å²) in [4.78, 5) is 33.9. The van der Waals surface area contributed by atoms with Crippen molar-refractivity contribution in [1.82, 2.24) is 10.6 Å². The molecule has 5 heteroatoms. The largest absolute Gasteiger partial charge is 0.328 e. The second-order valence-corrected chi connectivity index (χ2v) is 4.26. The second kappa shape index (κ2) is 2.56. The lowest BCUT2D eigenvalue weighted by atomic mass is 9.94. The third-order valence-corrected chi connectivity index (χ3v) is 3.08. The smallest absolute Gasteiger partial charge is 0.277 e. The van der Waals surface area contributed by atoms with Crippen LogP contribution in [0.3, 0.4) is 0 Å². The molecule has 2 fully saturated rings. The Labute approximate surface area is 81.2 Å². The fourth-order valence-electron chi connectivity index (χ4n) is 2.18. The molecule has 2 N–H and O–H groups in total. The van der Waals surface area contributed by atoms with Crippen LogP contribution < -0.4 is 10.6 Å². The SMILES string of the molecule is CC(C)C1CC12C(=O)NC(=O)NC2=O. The first kappa shape index (κ1) is 9.18. The summed E-state index contributed by atoms with van der Waals surface area (Å²) in [6, 6.07) is -0.708. The minimum Gasteiger partial charge on any atom is -0.277 e. The predicted octanol–water partition coefficient (Wildman–Crippen LogP) is 0.0147. The lowest BCUT2D eigenvalue weighted by molar-refractivity contribution is -0.138. The average Bonchev–Trinajstić information content (AvgIpc) is 2.76. The topological polar surface area (TPSA) is 75.3 Å². The highest BCUT2D eigenvalue weighted by molar-refractivity contribution is 6.21. The highest BCUT2D eigenvalue weighted by atomic mass is 16.2. The highest BCUT2D eigenvalue weighted by Gasteiger charge is 2.68. The van der Waals surface area contributed by atoms with E-state index in [1.807, 2.05) is 13.8 Å². The molecule has 1 heterocycles. The maximum Gasteiger partial charge on any atom is 0.328 e. The number of carbonyl (C=O) groups excluding carboxylic acids is 3. The van der Waals surface area contributed by atoms with Gasteiger partial charge in [-0.25, -0.2) is 4.79 Å². The van der Waals surface area contributed by atoms with Crippen LogP contribution in [0.4, 0.5) is 4.79 Å². The summed E-state index contributed by atoms with van der Waals surface area (Å²) in [6.45, 7) is 3.94. The van der Waals surface area contributed by atoms with Crippen LogP contribution in [0, 0.1) is 17.3 Å². The Bertz CT molecular complexity index is 315. The monoisotopic (exact) mass is 196 g/mol. The maximum atomic E-state index is 11.5. The van der Waals surface area contributed by atoms with Crippen molar-refractivity contribution in [3.05, 3.63) is 0 Å². The summed E-state index contributed by atoms with van der Waals surface area (Å²) >= 11 is 0. The summed E-state index contributed by atoms with van der Waals surface area (Å²) < 4.78 is 0.